The number of rotatable bonds is 3. The van der Waals surface area contributed by atoms with Crippen LogP contribution in [-0.4, -0.2) is 39.9 Å². The van der Waals surface area contributed by atoms with E-state index in [9.17, 15) is 22.8 Å². The van der Waals surface area contributed by atoms with Crippen molar-refractivity contribution in [2.45, 2.75) is 45.3 Å². The van der Waals surface area contributed by atoms with Crippen LogP contribution in [0, 0.1) is 0 Å². The van der Waals surface area contributed by atoms with Crippen molar-refractivity contribution in [2.24, 2.45) is 0 Å². The van der Waals surface area contributed by atoms with Gasteiger partial charge in [-0.1, -0.05) is 6.07 Å². The lowest BCUT2D eigenvalue weighted by Crippen LogP contribution is -2.49. The molecule has 0 aliphatic carbocycles. The van der Waals surface area contributed by atoms with Gasteiger partial charge in [0.2, 0.25) is 0 Å². The van der Waals surface area contributed by atoms with Crippen LogP contribution in [0.5, 0.6) is 11.5 Å². The Morgan fingerprint density at radius 2 is 1.87 bits per heavy atom. The minimum atomic E-state index is -4.82. The number of halogens is 3. The van der Waals surface area contributed by atoms with E-state index in [2.05, 4.69) is 4.74 Å². The van der Waals surface area contributed by atoms with Gasteiger partial charge in [-0.05, 0) is 56.7 Å². The van der Waals surface area contributed by atoms with E-state index in [1.807, 2.05) is 20.8 Å². The number of alkyl halides is 3. The number of ether oxygens (including phenoxy) is 2. The molecule has 0 saturated carbocycles. The van der Waals surface area contributed by atoms with Crippen LogP contribution in [-0.2, 0) is 6.54 Å². The Morgan fingerprint density at radius 1 is 1.13 bits per heavy atom. The molecule has 0 bridgehead atoms. The predicted molar refractivity (Wildman–Crippen MR) is 107 cm³/mol. The summed E-state index contributed by atoms with van der Waals surface area (Å²) in [4.78, 5) is 26.8. The van der Waals surface area contributed by atoms with Crippen molar-refractivity contribution in [3.8, 4) is 11.5 Å². The van der Waals surface area contributed by atoms with E-state index in [1.54, 1.807) is 17.0 Å². The molecule has 1 unspecified atom stereocenters. The Labute approximate surface area is 176 Å². The van der Waals surface area contributed by atoms with Gasteiger partial charge in [-0.2, -0.15) is 0 Å². The molecule has 1 atom stereocenters. The average molecular weight is 434 g/mol. The zero-order valence-electron chi connectivity index (χ0n) is 17.2. The first-order valence-corrected chi connectivity index (χ1v) is 9.78. The summed E-state index contributed by atoms with van der Waals surface area (Å²) in [7, 11) is 0. The van der Waals surface area contributed by atoms with E-state index in [-0.39, 0.29) is 22.9 Å². The molecule has 4 rings (SSSR count). The first kappa shape index (κ1) is 21.0. The van der Waals surface area contributed by atoms with Crippen LogP contribution >= 0.6 is 0 Å². The van der Waals surface area contributed by atoms with Gasteiger partial charge in [0.25, 0.3) is 11.5 Å². The first-order chi connectivity index (χ1) is 14.5. The third-order valence-corrected chi connectivity index (χ3v) is 5.38. The van der Waals surface area contributed by atoms with Crippen LogP contribution in [0.1, 0.15) is 36.8 Å². The van der Waals surface area contributed by atoms with Crippen LogP contribution in [0.25, 0.3) is 5.57 Å². The van der Waals surface area contributed by atoms with Crippen molar-refractivity contribution < 1.29 is 27.4 Å². The lowest BCUT2D eigenvalue weighted by Gasteiger charge is -2.39. The van der Waals surface area contributed by atoms with E-state index in [4.69, 9.17) is 4.74 Å². The van der Waals surface area contributed by atoms with E-state index in [0.717, 1.165) is 0 Å². The maximum Gasteiger partial charge on any atom is 0.573 e. The molecule has 164 valence electrons. The van der Waals surface area contributed by atoms with E-state index < -0.39 is 18.0 Å². The van der Waals surface area contributed by atoms with E-state index in [0.29, 0.717) is 30.0 Å². The monoisotopic (exact) mass is 434 g/mol. The largest absolute Gasteiger partial charge is 0.573 e. The molecule has 9 heteroatoms. The fourth-order valence-electron chi connectivity index (χ4n) is 4.06. The number of aromatic nitrogens is 1. The number of hydrogen-bond donors (Lipinski definition) is 0. The summed E-state index contributed by atoms with van der Waals surface area (Å²) in [5, 5.41) is 0. The molecule has 2 aromatic rings. The number of carbonyl (C=O) groups excluding carboxylic acids is 1. The van der Waals surface area contributed by atoms with Gasteiger partial charge in [0.05, 0.1) is 6.04 Å². The lowest BCUT2D eigenvalue weighted by molar-refractivity contribution is -0.274. The highest BCUT2D eigenvalue weighted by molar-refractivity contribution is 5.95. The highest BCUT2D eigenvalue weighted by Crippen LogP contribution is 2.41. The molecule has 0 fully saturated rings. The van der Waals surface area contributed by atoms with Crippen molar-refractivity contribution in [3.63, 3.8) is 0 Å². The summed E-state index contributed by atoms with van der Waals surface area (Å²) in [5.41, 5.74) is 0.392. The number of carbonyl (C=O) groups is 1. The maximum absolute atomic E-state index is 13.1. The van der Waals surface area contributed by atoms with Crippen molar-refractivity contribution in [3.05, 3.63) is 64.1 Å². The standard InChI is InChI=1S/C22H21F3N2O4/c1-13(26-9-10-27-17(20(26)29)5-4-6-19(27)28)16-12-21(2,3)31-18-8-7-14(11-15(16)18)30-22(23,24)25/h4-8,11-13H,9-10H2,1-3H3. The summed E-state index contributed by atoms with van der Waals surface area (Å²) >= 11 is 0. The smallest absolute Gasteiger partial charge is 0.483 e. The quantitative estimate of drug-likeness (QED) is 0.737. The Bertz CT molecular complexity index is 1130. The van der Waals surface area contributed by atoms with Crippen molar-refractivity contribution in [2.75, 3.05) is 6.54 Å². The second kappa shape index (κ2) is 7.18. The summed E-state index contributed by atoms with van der Waals surface area (Å²) in [5.74, 6) is -0.273. The van der Waals surface area contributed by atoms with Gasteiger partial charge in [-0.15, -0.1) is 13.2 Å². The van der Waals surface area contributed by atoms with Gasteiger partial charge in [0, 0.05) is 24.7 Å². The van der Waals surface area contributed by atoms with Gasteiger partial charge in [0.15, 0.2) is 0 Å². The summed E-state index contributed by atoms with van der Waals surface area (Å²) < 4.78 is 49.6. The molecule has 1 aromatic heterocycles. The van der Waals surface area contributed by atoms with Gasteiger partial charge in [-0.25, -0.2) is 0 Å². The summed E-state index contributed by atoms with van der Waals surface area (Å²) in [6.07, 6.45) is -3.02. The van der Waals surface area contributed by atoms with Gasteiger partial charge >= 0.3 is 6.36 Å². The predicted octanol–water partition coefficient (Wildman–Crippen LogP) is 3.85. The van der Waals surface area contributed by atoms with Crippen LogP contribution in [0.15, 0.2) is 47.3 Å². The fraction of sp³-hybridized carbons (Fsp3) is 0.364. The lowest BCUT2D eigenvalue weighted by atomic mass is 9.89. The van der Waals surface area contributed by atoms with E-state index in [1.165, 1.54) is 34.9 Å². The maximum atomic E-state index is 13.1. The number of benzene rings is 1. The molecular weight excluding hydrogens is 413 g/mol. The molecular formula is C22H21F3N2O4. The van der Waals surface area contributed by atoms with Crippen LogP contribution in [0.2, 0.25) is 0 Å². The minimum Gasteiger partial charge on any atom is -0.483 e. The molecule has 0 spiro atoms. The molecule has 2 aliphatic heterocycles. The van der Waals surface area contributed by atoms with Crippen LogP contribution in [0.4, 0.5) is 13.2 Å². The van der Waals surface area contributed by atoms with Gasteiger partial charge < -0.3 is 18.9 Å². The number of fused-ring (bicyclic) bond motifs is 2. The topological polar surface area (TPSA) is 60.8 Å². The molecule has 2 aliphatic rings. The van der Waals surface area contributed by atoms with Gasteiger partial charge in [0.1, 0.15) is 22.8 Å². The van der Waals surface area contributed by atoms with Crippen molar-refractivity contribution >= 4 is 11.5 Å². The Morgan fingerprint density at radius 3 is 2.58 bits per heavy atom. The molecule has 1 amide bonds. The Kier molecular flexibility index (Phi) is 4.87. The van der Waals surface area contributed by atoms with Crippen LogP contribution < -0.4 is 15.0 Å². The molecule has 0 saturated heterocycles. The number of amides is 1. The van der Waals surface area contributed by atoms with E-state index >= 15 is 0 Å². The Balaban J connectivity index is 1.73. The van der Waals surface area contributed by atoms with Gasteiger partial charge in [-0.3, -0.25) is 9.59 Å². The second-order valence-electron chi connectivity index (χ2n) is 8.09. The molecule has 3 heterocycles. The highest BCUT2D eigenvalue weighted by Gasteiger charge is 2.36. The molecule has 1 aromatic carbocycles. The normalized spacial score (nSPS) is 18.5. The second-order valence-corrected chi connectivity index (χ2v) is 8.09. The number of nitrogens with zero attached hydrogens (tertiary/aromatic N) is 2. The van der Waals surface area contributed by atoms with Crippen molar-refractivity contribution in [1.82, 2.24) is 9.47 Å². The molecule has 0 N–H and O–H groups in total. The fourth-order valence-corrected chi connectivity index (χ4v) is 4.06. The number of pyridine rings is 1. The summed E-state index contributed by atoms with van der Waals surface area (Å²) in [6, 6.07) is 7.96. The zero-order chi connectivity index (χ0) is 22.6. The first-order valence-electron chi connectivity index (χ1n) is 9.78. The zero-order valence-corrected chi connectivity index (χ0v) is 17.2. The third kappa shape index (κ3) is 4.04. The van der Waals surface area contributed by atoms with Crippen molar-refractivity contribution in [1.29, 1.82) is 0 Å². The molecule has 6 nitrogen and oxygen atoms in total. The minimum absolute atomic E-state index is 0.246. The average Bonchev–Trinajstić information content (AvgIpc) is 2.66. The highest BCUT2D eigenvalue weighted by atomic mass is 19.4. The van der Waals surface area contributed by atoms with Crippen LogP contribution in [0.3, 0.4) is 0 Å². The molecule has 31 heavy (non-hydrogen) atoms. The number of hydrogen-bond acceptors (Lipinski definition) is 4. The SMILES string of the molecule is CC(C1=CC(C)(C)Oc2ccc(OC(F)(F)F)cc21)N1CCn2c(cccc2=O)C1=O. The summed E-state index contributed by atoms with van der Waals surface area (Å²) in [6.45, 7) is 6.10. The third-order valence-electron chi connectivity index (χ3n) is 5.38. The Hall–Kier alpha value is -3.23. The molecule has 0 radical (unpaired) electrons.